The highest BCUT2D eigenvalue weighted by Crippen LogP contribution is 2.21. The molecule has 1 unspecified atom stereocenters. The number of benzene rings is 2. The standard InChI is InChI=1S/C18H17N3O2/c1-12-8-10-15(11-9-12)17(22)19-16(14-6-4-3-5-7-14)18-21-20-13(2)23-18/h3-11,16H,1-2H3,(H,19,22). The highest BCUT2D eigenvalue weighted by molar-refractivity contribution is 5.94. The SMILES string of the molecule is Cc1ccc(C(=O)NC(c2ccccc2)c2nnc(C)o2)cc1. The Labute approximate surface area is 134 Å². The van der Waals surface area contributed by atoms with Gasteiger partial charge in [0, 0.05) is 12.5 Å². The number of hydrogen-bond donors (Lipinski definition) is 1. The molecule has 0 radical (unpaired) electrons. The molecule has 0 aliphatic carbocycles. The van der Waals surface area contributed by atoms with Gasteiger partial charge in [-0.05, 0) is 24.6 Å². The highest BCUT2D eigenvalue weighted by atomic mass is 16.4. The fourth-order valence-corrected chi connectivity index (χ4v) is 2.28. The van der Waals surface area contributed by atoms with Gasteiger partial charge in [0.05, 0.1) is 0 Å². The van der Waals surface area contributed by atoms with E-state index in [0.29, 0.717) is 17.3 Å². The topological polar surface area (TPSA) is 68.0 Å². The van der Waals surface area contributed by atoms with E-state index in [9.17, 15) is 4.79 Å². The van der Waals surface area contributed by atoms with Gasteiger partial charge in [-0.2, -0.15) is 0 Å². The zero-order valence-corrected chi connectivity index (χ0v) is 13.0. The molecule has 2 aromatic carbocycles. The van der Waals surface area contributed by atoms with Crippen molar-refractivity contribution < 1.29 is 9.21 Å². The van der Waals surface area contributed by atoms with Crippen molar-refractivity contribution >= 4 is 5.91 Å². The molecular formula is C18H17N3O2. The smallest absolute Gasteiger partial charge is 0.252 e. The van der Waals surface area contributed by atoms with E-state index in [4.69, 9.17) is 4.42 Å². The molecule has 1 amide bonds. The van der Waals surface area contributed by atoms with E-state index in [2.05, 4.69) is 15.5 Å². The molecule has 1 heterocycles. The molecule has 0 aliphatic rings. The molecule has 1 aromatic heterocycles. The van der Waals surface area contributed by atoms with Crippen LogP contribution < -0.4 is 5.32 Å². The van der Waals surface area contributed by atoms with E-state index in [1.54, 1.807) is 19.1 Å². The van der Waals surface area contributed by atoms with Gasteiger partial charge in [0.1, 0.15) is 6.04 Å². The van der Waals surface area contributed by atoms with Gasteiger partial charge < -0.3 is 9.73 Å². The summed E-state index contributed by atoms with van der Waals surface area (Å²) in [7, 11) is 0. The van der Waals surface area contributed by atoms with E-state index in [-0.39, 0.29) is 5.91 Å². The van der Waals surface area contributed by atoms with Crippen molar-refractivity contribution in [2.75, 3.05) is 0 Å². The summed E-state index contributed by atoms with van der Waals surface area (Å²) in [4.78, 5) is 12.5. The van der Waals surface area contributed by atoms with E-state index in [1.165, 1.54) is 0 Å². The van der Waals surface area contributed by atoms with Crippen LogP contribution in [0.15, 0.2) is 59.0 Å². The summed E-state index contributed by atoms with van der Waals surface area (Å²) in [6.45, 7) is 3.70. The fourth-order valence-electron chi connectivity index (χ4n) is 2.28. The molecule has 116 valence electrons. The monoisotopic (exact) mass is 307 g/mol. The first kappa shape index (κ1) is 15.0. The Balaban J connectivity index is 1.90. The summed E-state index contributed by atoms with van der Waals surface area (Å²) in [6, 6.07) is 16.5. The molecule has 1 N–H and O–H groups in total. The average Bonchev–Trinajstić information content (AvgIpc) is 3.00. The van der Waals surface area contributed by atoms with Crippen LogP contribution in [0.1, 0.15) is 39.3 Å². The van der Waals surface area contributed by atoms with Crippen LogP contribution in [0.2, 0.25) is 0 Å². The first-order valence-electron chi connectivity index (χ1n) is 7.36. The van der Waals surface area contributed by atoms with Crippen LogP contribution in [0.4, 0.5) is 0 Å². The lowest BCUT2D eigenvalue weighted by Crippen LogP contribution is -2.29. The van der Waals surface area contributed by atoms with Gasteiger partial charge >= 0.3 is 0 Å². The van der Waals surface area contributed by atoms with Crippen LogP contribution in [0.5, 0.6) is 0 Å². The molecule has 1 atom stereocenters. The quantitative estimate of drug-likeness (QED) is 0.803. The molecule has 23 heavy (non-hydrogen) atoms. The van der Waals surface area contributed by atoms with E-state index >= 15 is 0 Å². The van der Waals surface area contributed by atoms with Crippen molar-refractivity contribution in [2.45, 2.75) is 19.9 Å². The molecule has 0 spiro atoms. The van der Waals surface area contributed by atoms with Crippen LogP contribution in [0.25, 0.3) is 0 Å². The first-order chi connectivity index (χ1) is 11.1. The lowest BCUT2D eigenvalue weighted by Gasteiger charge is -2.15. The number of aryl methyl sites for hydroxylation is 2. The third-order valence-corrected chi connectivity index (χ3v) is 3.51. The Hall–Kier alpha value is -2.95. The number of carbonyl (C=O) groups excluding carboxylic acids is 1. The predicted molar refractivity (Wildman–Crippen MR) is 86.0 cm³/mol. The summed E-state index contributed by atoms with van der Waals surface area (Å²) < 4.78 is 5.52. The van der Waals surface area contributed by atoms with Crippen molar-refractivity contribution in [1.29, 1.82) is 0 Å². The Morgan fingerprint density at radius 3 is 2.30 bits per heavy atom. The Morgan fingerprint density at radius 2 is 1.70 bits per heavy atom. The van der Waals surface area contributed by atoms with Crippen molar-refractivity contribution in [2.24, 2.45) is 0 Å². The van der Waals surface area contributed by atoms with Crippen molar-refractivity contribution in [1.82, 2.24) is 15.5 Å². The number of carbonyl (C=O) groups is 1. The minimum atomic E-state index is -0.480. The summed E-state index contributed by atoms with van der Waals surface area (Å²) in [5.41, 5.74) is 2.58. The van der Waals surface area contributed by atoms with Crippen molar-refractivity contribution in [3.8, 4) is 0 Å². The minimum absolute atomic E-state index is 0.185. The van der Waals surface area contributed by atoms with Gasteiger partial charge in [-0.1, -0.05) is 48.0 Å². The number of nitrogens with one attached hydrogen (secondary N) is 1. The van der Waals surface area contributed by atoms with Crippen molar-refractivity contribution in [3.05, 3.63) is 83.1 Å². The maximum Gasteiger partial charge on any atom is 0.252 e. The molecule has 0 bridgehead atoms. The Kier molecular flexibility index (Phi) is 4.19. The van der Waals surface area contributed by atoms with Gasteiger partial charge in [0.2, 0.25) is 11.8 Å². The minimum Gasteiger partial charge on any atom is -0.423 e. The summed E-state index contributed by atoms with van der Waals surface area (Å²) in [5, 5.41) is 10.9. The largest absolute Gasteiger partial charge is 0.423 e. The van der Waals surface area contributed by atoms with Gasteiger partial charge in [-0.3, -0.25) is 4.79 Å². The normalized spacial score (nSPS) is 11.9. The summed E-state index contributed by atoms with van der Waals surface area (Å²) >= 11 is 0. The van der Waals surface area contributed by atoms with Crippen LogP contribution in [0, 0.1) is 13.8 Å². The Morgan fingerprint density at radius 1 is 1.00 bits per heavy atom. The number of nitrogens with zero attached hydrogens (tertiary/aromatic N) is 2. The van der Waals surface area contributed by atoms with Crippen LogP contribution >= 0.6 is 0 Å². The molecule has 0 aliphatic heterocycles. The van der Waals surface area contributed by atoms with E-state index in [0.717, 1.165) is 11.1 Å². The highest BCUT2D eigenvalue weighted by Gasteiger charge is 2.22. The maximum atomic E-state index is 12.5. The second kappa shape index (κ2) is 6.44. The van der Waals surface area contributed by atoms with Crippen molar-refractivity contribution in [3.63, 3.8) is 0 Å². The molecule has 5 nitrogen and oxygen atoms in total. The van der Waals surface area contributed by atoms with Gasteiger partial charge in [0.15, 0.2) is 0 Å². The molecular weight excluding hydrogens is 290 g/mol. The Bertz CT molecular complexity index is 795. The van der Waals surface area contributed by atoms with Gasteiger partial charge in [-0.25, -0.2) is 0 Å². The predicted octanol–water partition coefficient (Wildman–Crippen LogP) is 3.21. The van der Waals surface area contributed by atoms with Crippen LogP contribution in [-0.4, -0.2) is 16.1 Å². The number of hydrogen-bond acceptors (Lipinski definition) is 4. The zero-order chi connectivity index (χ0) is 16.2. The second-order valence-corrected chi connectivity index (χ2v) is 5.34. The zero-order valence-electron chi connectivity index (χ0n) is 13.0. The molecule has 0 fully saturated rings. The summed E-state index contributed by atoms with van der Waals surface area (Å²) in [5.74, 6) is 0.648. The molecule has 3 aromatic rings. The number of rotatable bonds is 4. The molecule has 0 saturated carbocycles. The molecule has 5 heteroatoms. The molecule has 3 rings (SSSR count). The van der Waals surface area contributed by atoms with E-state index in [1.807, 2.05) is 49.4 Å². The number of aromatic nitrogens is 2. The average molecular weight is 307 g/mol. The van der Waals surface area contributed by atoms with E-state index < -0.39 is 6.04 Å². The fraction of sp³-hybridized carbons (Fsp3) is 0.167. The summed E-state index contributed by atoms with van der Waals surface area (Å²) in [6.07, 6.45) is 0. The van der Waals surface area contributed by atoms with Crippen LogP contribution in [0.3, 0.4) is 0 Å². The maximum absolute atomic E-state index is 12.5. The van der Waals surface area contributed by atoms with Gasteiger partial charge in [-0.15, -0.1) is 10.2 Å². The lowest BCUT2D eigenvalue weighted by molar-refractivity contribution is 0.0937. The number of amides is 1. The third kappa shape index (κ3) is 3.45. The second-order valence-electron chi connectivity index (χ2n) is 5.34. The molecule has 0 saturated heterocycles. The first-order valence-corrected chi connectivity index (χ1v) is 7.36. The lowest BCUT2D eigenvalue weighted by atomic mass is 10.1. The third-order valence-electron chi connectivity index (χ3n) is 3.51. The van der Waals surface area contributed by atoms with Gasteiger partial charge in [0.25, 0.3) is 5.91 Å². The van der Waals surface area contributed by atoms with Crippen LogP contribution in [-0.2, 0) is 0 Å².